The van der Waals surface area contributed by atoms with Gasteiger partial charge in [-0.2, -0.15) is 5.10 Å². The van der Waals surface area contributed by atoms with Crippen LogP contribution in [0, 0.1) is 5.92 Å². The Morgan fingerprint density at radius 1 is 1.71 bits per heavy atom. The van der Waals surface area contributed by atoms with Gasteiger partial charge >= 0.3 is 5.97 Å². The molecule has 0 fully saturated rings. The van der Waals surface area contributed by atoms with Crippen LogP contribution in [0.4, 0.5) is 0 Å². The molecule has 0 amide bonds. The molecule has 0 aliphatic rings. The van der Waals surface area contributed by atoms with E-state index >= 15 is 0 Å². The fourth-order valence-electron chi connectivity index (χ4n) is 1.23. The van der Waals surface area contributed by atoms with E-state index in [-0.39, 0.29) is 6.61 Å². The molecule has 0 aliphatic heterocycles. The first-order chi connectivity index (χ1) is 6.65. The Bertz CT molecular complexity index is 309. The summed E-state index contributed by atoms with van der Waals surface area (Å²) in [5.74, 6) is -1.24. The number of aliphatic carboxylic acids is 1. The minimum atomic E-state index is -0.818. The molecule has 1 unspecified atom stereocenters. The van der Waals surface area contributed by atoms with Crippen LogP contribution in [-0.2, 0) is 17.8 Å². The van der Waals surface area contributed by atoms with Crippen molar-refractivity contribution in [3.05, 3.63) is 18.0 Å². The lowest BCUT2D eigenvalue weighted by molar-refractivity contribution is -0.141. The molecule has 0 spiro atoms. The van der Waals surface area contributed by atoms with E-state index < -0.39 is 11.9 Å². The van der Waals surface area contributed by atoms with Crippen LogP contribution in [0.5, 0.6) is 0 Å². The largest absolute Gasteiger partial charge is 0.481 e. The molecule has 5 nitrogen and oxygen atoms in total. The van der Waals surface area contributed by atoms with E-state index in [0.29, 0.717) is 13.0 Å². The van der Waals surface area contributed by atoms with Crippen LogP contribution in [0.25, 0.3) is 0 Å². The molecule has 5 heteroatoms. The minimum absolute atomic E-state index is 0.0101. The monoisotopic (exact) mass is 198 g/mol. The van der Waals surface area contributed by atoms with Gasteiger partial charge in [0, 0.05) is 18.3 Å². The summed E-state index contributed by atoms with van der Waals surface area (Å²) in [6.07, 6.45) is 2.05. The quantitative estimate of drug-likeness (QED) is 0.705. The molecule has 14 heavy (non-hydrogen) atoms. The second-order valence-corrected chi connectivity index (χ2v) is 3.21. The van der Waals surface area contributed by atoms with Gasteiger partial charge in [0.1, 0.15) is 0 Å². The summed E-state index contributed by atoms with van der Waals surface area (Å²) in [4.78, 5) is 10.6. The van der Waals surface area contributed by atoms with Crippen molar-refractivity contribution in [3.8, 4) is 0 Å². The first-order valence-corrected chi connectivity index (χ1v) is 4.49. The number of aromatic nitrogens is 2. The van der Waals surface area contributed by atoms with Crippen molar-refractivity contribution < 1.29 is 15.0 Å². The molecule has 0 aliphatic carbocycles. The van der Waals surface area contributed by atoms with E-state index in [1.165, 1.54) is 0 Å². The molecule has 0 aromatic carbocycles. The maximum Gasteiger partial charge on any atom is 0.306 e. The third-order valence-electron chi connectivity index (χ3n) is 2.05. The van der Waals surface area contributed by atoms with Gasteiger partial charge in [-0.3, -0.25) is 9.48 Å². The van der Waals surface area contributed by atoms with Gasteiger partial charge in [0.05, 0.1) is 19.1 Å². The minimum Gasteiger partial charge on any atom is -0.481 e. The molecule has 0 radical (unpaired) electrons. The molecule has 1 aromatic rings. The summed E-state index contributed by atoms with van der Waals surface area (Å²) in [6, 6.07) is 1.77. The van der Waals surface area contributed by atoms with E-state index in [4.69, 9.17) is 10.2 Å². The third-order valence-corrected chi connectivity index (χ3v) is 2.05. The summed E-state index contributed by atoms with van der Waals surface area (Å²) in [5, 5.41) is 21.4. The number of rotatable bonds is 5. The second-order valence-electron chi connectivity index (χ2n) is 3.21. The molecule has 78 valence electrons. The van der Waals surface area contributed by atoms with Gasteiger partial charge < -0.3 is 10.2 Å². The highest BCUT2D eigenvalue weighted by Gasteiger charge is 2.13. The number of hydrogen-bond donors (Lipinski definition) is 2. The summed E-state index contributed by atoms with van der Waals surface area (Å²) in [5.41, 5.74) is 0.842. The van der Waals surface area contributed by atoms with Crippen LogP contribution in [-0.4, -0.2) is 32.6 Å². The SMILES string of the molecule is CC(Cc1ccnn1CCO)C(=O)O. The third kappa shape index (κ3) is 2.56. The number of aliphatic hydroxyl groups excluding tert-OH is 1. The number of nitrogens with zero attached hydrogens (tertiary/aromatic N) is 2. The Morgan fingerprint density at radius 3 is 3.00 bits per heavy atom. The smallest absolute Gasteiger partial charge is 0.306 e. The normalized spacial score (nSPS) is 12.7. The first-order valence-electron chi connectivity index (χ1n) is 4.49. The highest BCUT2D eigenvalue weighted by molar-refractivity contribution is 5.69. The molecule has 1 rings (SSSR count). The topological polar surface area (TPSA) is 75.3 Å². The molecule has 0 bridgehead atoms. The Labute approximate surface area is 82.0 Å². The predicted molar refractivity (Wildman–Crippen MR) is 49.8 cm³/mol. The van der Waals surface area contributed by atoms with Gasteiger partial charge in [-0.1, -0.05) is 6.92 Å². The lowest BCUT2D eigenvalue weighted by Gasteiger charge is -2.08. The van der Waals surface area contributed by atoms with Gasteiger partial charge in [0.15, 0.2) is 0 Å². The molecule has 0 saturated carbocycles. The number of aliphatic hydroxyl groups is 1. The molecule has 1 aromatic heterocycles. The lowest BCUT2D eigenvalue weighted by Crippen LogP contribution is -2.16. The molecule has 1 heterocycles. The Balaban J connectivity index is 2.66. The van der Waals surface area contributed by atoms with E-state index in [0.717, 1.165) is 5.69 Å². The Morgan fingerprint density at radius 2 is 2.43 bits per heavy atom. The Kier molecular flexibility index (Phi) is 3.64. The number of hydrogen-bond acceptors (Lipinski definition) is 3. The van der Waals surface area contributed by atoms with Crippen molar-refractivity contribution in [2.45, 2.75) is 19.9 Å². The zero-order valence-corrected chi connectivity index (χ0v) is 8.05. The van der Waals surface area contributed by atoms with Crippen molar-refractivity contribution >= 4 is 5.97 Å². The lowest BCUT2D eigenvalue weighted by atomic mass is 10.1. The summed E-state index contributed by atoms with van der Waals surface area (Å²) in [7, 11) is 0. The molecular formula is C9H14N2O3. The zero-order valence-electron chi connectivity index (χ0n) is 8.05. The predicted octanol–water partition coefficient (Wildman–Crippen LogP) is 0.139. The van der Waals surface area contributed by atoms with E-state index in [1.54, 1.807) is 23.9 Å². The second kappa shape index (κ2) is 4.76. The average molecular weight is 198 g/mol. The maximum absolute atomic E-state index is 10.6. The first kappa shape index (κ1) is 10.7. The van der Waals surface area contributed by atoms with Crippen LogP contribution in [0.1, 0.15) is 12.6 Å². The van der Waals surface area contributed by atoms with Crippen molar-refractivity contribution in [2.75, 3.05) is 6.61 Å². The van der Waals surface area contributed by atoms with Crippen molar-refractivity contribution in [2.24, 2.45) is 5.92 Å². The average Bonchev–Trinajstić information content (AvgIpc) is 2.53. The van der Waals surface area contributed by atoms with Crippen molar-refractivity contribution in [3.63, 3.8) is 0 Å². The van der Waals surface area contributed by atoms with Crippen LogP contribution < -0.4 is 0 Å². The van der Waals surface area contributed by atoms with Crippen LogP contribution in [0.2, 0.25) is 0 Å². The van der Waals surface area contributed by atoms with E-state index in [9.17, 15) is 4.79 Å². The highest BCUT2D eigenvalue weighted by atomic mass is 16.4. The van der Waals surface area contributed by atoms with Crippen LogP contribution in [0.15, 0.2) is 12.3 Å². The van der Waals surface area contributed by atoms with Crippen molar-refractivity contribution in [1.29, 1.82) is 0 Å². The zero-order chi connectivity index (χ0) is 10.6. The Hall–Kier alpha value is -1.36. The number of carboxylic acid groups (broad SMARTS) is 1. The van der Waals surface area contributed by atoms with Crippen LogP contribution >= 0.6 is 0 Å². The molecule has 0 saturated heterocycles. The maximum atomic E-state index is 10.6. The number of carboxylic acids is 1. The van der Waals surface area contributed by atoms with E-state index in [1.807, 2.05) is 0 Å². The van der Waals surface area contributed by atoms with Gasteiger partial charge in [0.2, 0.25) is 0 Å². The van der Waals surface area contributed by atoms with Gasteiger partial charge in [-0.25, -0.2) is 0 Å². The molecule has 2 N–H and O–H groups in total. The van der Waals surface area contributed by atoms with Gasteiger partial charge in [-0.15, -0.1) is 0 Å². The molecule has 1 atom stereocenters. The summed E-state index contributed by atoms with van der Waals surface area (Å²) >= 11 is 0. The highest BCUT2D eigenvalue weighted by Crippen LogP contribution is 2.08. The summed E-state index contributed by atoms with van der Waals surface area (Å²) in [6.45, 7) is 2.07. The van der Waals surface area contributed by atoms with E-state index in [2.05, 4.69) is 5.10 Å². The fraction of sp³-hybridized carbons (Fsp3) is 0.556. The standard InChI is InChI=1S/C9H14N2O3/c1-7(9(13)14)6-8-2-3-10-11(8)4-5-12/h2-3,7,12H,4-6H2,1H3,(H,13,14). The summed E-state index contributed by atoms with van der Waals surface area (Å²) < 4.78 is 1.62. The number of carbonyl (C=O) groups is 1. The van der Waals surface area contributed by atoms with Crippen LogP contribution in [0.3, 0.4) is 0 Å². The van der Waals surface area contributed by atoms with Crippen molar-refractivity contribution in [1.82, 2.24) is 9.78 Å². The van der Waals surface area contributed by atoms with Gasteiger partial charge in [0.25, 0.3) is 0 Å². The van der Waals surface area contributed by atoms with Gasteiger partial charge in [-0.05, 0) is 6.07 Å². The fourth-order valence-corrected chi connectivity index (χ4v) is 1.23. The molecular weight excluding hydrogens is 184 g/mol.